The van der Waals surface area contributed by atoms with Gasteiger partial charge in [-0.3, -0.25) is 9.59 Å². The van der Waals surface area contributed by atoms with E-state index in [1.54, 1.807) is 0 Å². The van der Waals surface area contributed by atoms with E-state index in [9.17, 15) is 26.4 Å². The zero-order chi connectivity index (χ0) is 53.2. The highest BCUT2D eigenvalue weighted by molar-refractivity contribution is 7.90. The Hall–Kier alpha value is -7.04. The molecule has 74 heavy (non-hydrogen) atoms. The quantitative estimate of drug-likeness (QED) is 0.0609. The van der Waals surface area contributed by atoms with E-state index in [1.165, 1.54) is 12.5 Å². The zero-order valence-electron chi connectivity index (χ0n) is 42.6. The lowest BCUT2D eigenvalue weighted by atomic mass is 9.94. The number of hydrogen-bond donors (Lipinski definition) is 2. The number of sulfone groups is 2. The number of carboxylic acid groups (broad SMARTS) is 2. The Kier molecular flexibility index (Phi) is 18.0. The Morgan fingerprint density at radius 1 is 0.514 bits per heavy atom. The maximum Gasteiger partial charge on any atom is 0.304 e. The molecule has 0 aliphatic carbocycles. The zero-order valence-corrected chi connectivity index (χ0v) is 44.3. The van der Waals surface area contributed by atoms with Crippen LogP contribution in [0.25, 0.3) is 22.3 Å². The van der Waals surface area contributed by atoms with Crippen molar-refractivity contribution >= 4 is 31.6 Å². The van der Waals surface area contributed by atoms with E-state index >= 15 is 0 Å². The highest BCUT2D eigenvalue weighted by Gasteiger charge is 2.28. The van der Waals surface area contributed by atoms with Gasteiger partial charge in [-0.1, -0.05) is 48.5 Å². The first-order valence-corrected chi connectivity index (χ1v) is 28.5. The van der Waals surface area contributed by atoms with Gasteiger partial charge < -0.3 is 38.6 Å². The fourth-order valence-corrected chi connectivity index (χ4v) is 10.7. The molecule has 0 amide bonds. The van der Waals surface area contributed by atoms with E-state index in [1.807, 2.05) is 113 Å². The third-order valence-electron chi connectivity index (χ3n) is 12.7. The van der Waals surface area contributed by atoms with Gasteiger partial charge >= 0.3 is 11.9 Å². The summed E-state index contributed by atoms with van der Waals surface area (Å²) < 4.78 is 80.2. The topological polar surface area (TPSA) is 198 Å². The predicted octanol–water partition coefficient (Wildman–Crippen LogP) is 10.6. The van der Waals surface area contributed by atoms with Crippen molar-refractivity contribution in [2.75, 3.05) is 50.4 Å². The van der Waals surface area contributed by atoms with Crippen LogP contribution in [0.4, 0.5) is 0 Å². The lowest BCUT2D eigenvalue weighted by Crippen LogP contribution is -2.08. The second-order valence-electron chi connectivity index (χ2n) is 19.1. The van der Waals surface area contributed by atoms with Gasteiger partial charge in [0.15, 0.2) is 0 Å². The Balaban J connectivity index is 0.000000216. The van der Waals surface area contributed by atoms with Crippen molar-refractivity contribution in [3.63, 3.8) is 0 Å². The van der Waals surface area contributed by atoms with Crippen molar-refractivity contribution < 1.29 is 65.1 Å². The molecule has 0 bridgehead atoms. The Labute approximate surface area is 434 Å². The predicted molar refractivity (Wildman–Crippen MR) is 285 cm³/mol. The van der Waals surface area contributed by atoms with Gasteiger partial charge in [-0.05, 0) is 145 Å². The molecule has 2 atom stereocenters. The number of hydrogen-bond acceptors (Lipinski definition) is 12. The van der Waals surface area contributed by atoms with Crippen LogP contribution in [0.5, 0.6) is 34.5 Å². The van der Waals surface area contributed by atoms with Gasteiger partial charge in [-0.2, -0.15) is 0 Å². The number of aliphatic carboxylic acids is 2. The molecule has 0 spiro atoms. The van der Waals surface area contributed by atoms with Crippen LogP contribution in [-0.4, -0.2) is 89.4 Å². The molecule has 0 fully saturated rings. The van der Waals surface area contributed by atoms with E-state index in [0.29, 0.717) is 75.5 Å². The molecular formula is C58H64O14S2. The molecule has 16 heteroatoms. The average Bonchev–Trinajstić information content (AvgIpc) is 3.92. The molecule has 6 aromatic rings. The van der Waals surface area contributed by atoms with E-state index in [-0.39, 0.29) is 36.2 Å². The molecule has 2 aliphatic rings. The Morgan fingerprint density at radius 2 is 0.892 bits per heavy atom. The van der Waals surface area contributed by atoms with Crippen LogP contribution >= 0.6 is 0 Å². The van der Waals surface area contributed by atoms with Crippen molar-refractivity contribution in [2.45, 2.75) is 78.4 Å². The summed E-state index contributed by atoms with van der Waals surface area (Å²) in [5.74, 6) is 2.47. The van der Waals surface area contributed by atoms with Gasteiger partial charge in [-0.15, -0.1) is 0 Å². The van der Waals surface area contributed by atoms with Crippen LogP contribution in [0.3, 0.4) is 0 Å². The van der Waals surface area contributed by atoms with E-state index in [2.05, 4.69) is 24.3 Å². The first kappa shape index (κ1) is 54.7. The standard InChI is InChI=1S/2C29H32O7S/c2*1-19-12-25(34-10-5-11-37(3,32)33)13-20(2)29(19)22-7-4-6-21(14-22)17-35-24-8-9-26-23(15-28(30)31)18-36-27(26)16-24/h2*4,6-9,12-14,16,23H,5,10-11,15,17-18H2,1-3H3,(H,30,31)/t2*23-/m11/s1. The largest absolute Gasteiger partial charge is 0.494 e. The molecule has 0 saturated carbocycles. The normalized spacial score (nSPS) is 14.6. The maximum atomic E-state index is 11.3. The number of fused-ring (bicyclic) bond motifs is 2. The summed E-state index contributed by atoms with van der Waals surface area (Å²) in [5, 5.41) is 18.2. The molecule has 392 valence electrons. The monoisotopic (exact) mass is 1050 g/mol. The molecule has 6 aromatic carbocycles. The number of carboxylic acids is 2. The molecule has 8 rings (SSSR count). The number of carbonyl (C=O) groups is 2. The minimum atomic E-state index is -2.99. The van der Waals surface area contributed by atoms with Gasteiger partial charge in [0.2, 0.25) is 0 Å². The fraction of sp³-hybridized carbons (Fsp3) is 0.345. The molecule has 0 unspecified atom stereocenters. The lowest BCUT2D eigenvalue weighted by Gasteiger charge is -2.15. The minimum Gasteiger partial charge on any atom is -0.494 e. The fourth-order valence-electron chi connectivity index (χ4n) is 9.37. The molecule has 2 N–H and O–H groups in total. The van der Waals surface area contributed by atoms with Gasteiger partial charge in [0.25, 0.3) is 0 Å². The third kappa shape index (κ3) is 15.5. The van der Waals surface area contributed by atoms with Crippen LogP contribution < -0.4 is 28.4 Å². The van der Waals surface area contributed by atoms with Crippen LogP contribution in [0.2, 0.25) is 0 Å². The van der Waals surface area contributed by atoms with Crippen molar-refractivity contribution in [1.82, 2.24) is 0 Å². The van der Waals surface area contributed by atoms with E-state index in [0.717, 1.165) is 78.3 Å². The van der Waals surface area contributed by atoms with Crippen LogP contribution in [0.15, 0.2) is 109 Å². The summed E-state index contributed by atoms with van der Waals surface area (Å²) in [7, 11) is -5.98. The van der Waals surface area contributed by atoms with Gasteiger partial charge in [0, 0.05) is 47.6 Å². The maximum absolute atomic E-state index is 11.3. The second kappa shape index (κ2) is 24.3. The average molecular weight is 1050 g/mol. The molecule has 2 aliphatic heterocycles. The summed E-state index contributed by atoms with van der Waals surface area (Å²) in [5.41, 5.74) is 12.5. The van der Waals surface area contributed by atoms with Gasteiger partial charge in [0.1, 0.15) is 67.4 Å². The van der Waals surface area contributed by atoms with Crippen LogP contribution in [0, 0.1) is 27.7 Å². The summed E-state index contributed by atoms with van der Waals surface area (Å²) in [6.45, 7) is 10.4. The smallest absolute Gasteiger partial charge is 0.304 e. The molecular weight excluding hydrogens is 985 g/mol. The summed E-state index contributed by atoms with van der Waals surface area (Å²) in [6.07, 6.45) is 3.48. The third-order valence-corrected chi connectivity index (χ3v) is 14.7. The number of aryl methyl sites for hydroxylation is 4. The molecule has 0 aromatic heterocycles. The minimum absolute atomic E-state index is 0.0507. The molecule has 14 nitrogen and oxygen atoms in total. The second-order valence-corrected chi connectivity index (χ2v) is 23.6. The highest BCUT2D eigenvalue weighted by atomic mass is 32.2. The van der Waals surface area contributed by atoms with Crippen molar-refractivity contribution in [2.24, 2.45) is 0 Å². The summed E-state index contributed by atoms with van der Waals surface area (Å²) >= 11 is 0. The SMILES string of the molecule is Cc1cc(OCCCS(C)(=O)=O)cc(C)c1-c1cccc(COc2ccc3c(c2)OC[C@H]3CC(=O)O)c1.Cc1cc(OCCCS(C)(=O)=O)cc(C)c1-c1cccc(COc2ccc3c(c2)OC[C@H]3CC(=O)O)c1. The number of ether oxygens (including phenoxy) is 6. The Bertz CT molecular complexity index is 2960. The number of rotatable bonds is 22. The molecule has 0 radical (unpaired) electrons. The van der Waals surface area contributed by atoms with Crippen LogP contribution in [0.1, 0.15) is 82.0 Å². The van der Waals surface area contributed by atoms with E-state index < -0.39 is 31.6 Å². The van der Waals surface area contributed by atoms with Crippen molar-refractivity contribution in [3.05, 3.63) is 154 Å². The first-order chi connectivity index (χ1) is 35.2. The Morgan fingerprint density at radius 3 is 1.24 bits per heavy atom. The first-order valence-electron chi connectivity index (χ1n) is 24.4. The molecule has 0 saturated heterocycles. The lowest BCUT2D eigenvalue weighted by molar-refractivity contribution is -0.138. The van der Waals surface area contributed by atoms with E-state index in [4.69, 9.17) is 38.6 Å². The molecule has 2 heterocycles. The van der Waals surface area contributed by atoms with Gasteiger partial charge in [0.05, 0.1) is 50.8 Å². The number of benzene rings is 6. The highest BCUT2D eigenvalue weighted by Crippen LogP contribution is 2.40. The van der Waals surface area contributed by atoms with Gasteiger partial charge in [-0.25, -0.2) is 16.8 Å². The summed E-state index contributed by atoms with van der Waals surface area (Å²) in [6, 6.07) is 35.4. The van der Waals surface area contributed by atoms with Crippen molar-refractivity contribution in [3.8, 4) is 56.8 Å². The van der Waals surface area contributed by atoms with Crippen molar-refractivity contribution in [1.29, 1.82) is 0 Å². The van der Waals surface area contributed by atoms with Crippen LogP contribution in [-0.2, 0) is 42.5 Å². The summed E-state index contributed by atoms with van der Waals surface area (Å²) in [4.78, 5) is 22.1.